The number of hydrogen-bond donors (Lipinski definition) is 2. The first-order chi connectivity index (χ1) is 15.5. The van der Waals surface area contributed by atoms with E-state index >= 15 is 0 Å². The van der Waals surface area contributed by atoms with Gasteiger partial charge in [-0.05, 0) is 36.6 Å². The Morgan fingerprint density at radius 1 is 1.25 bits per heavy atom. The lowest BCUT2D eigenvalue weighted by molar-refractivity contribution is 0.0559. The van der Waals surface area contributed by atoms with E-state index in [0.717, 1.165) is 23.8 Å². The first-order valence-electron chi connectivity index (χ1n) is 10.7. The minimum absolute atomic E-state index is 0.0327. The number of halogens is 1. The van der Waals surface area contributed by atoms with Gasteiger partial charge in [-0.3, -0.25) is 9.59 Å². The lowest BCUT2D eigenvalue weighted by atomic mass is 10.00. The number of fused-ring (bicyclic) bond motifs is 1. The van der Waals surface area contributed by atoms with Gasteiger partial charge in [0.2, 0.25) is 0 Å². The number of benzene rings is 2. The van der Waals surface area contributed by atoms with Crippen molar-refractivity contribution in [2.45, 2.75) is 25.3 Å². The SMILES string of the molecule is N#CC1(CNC2CN(C(=O)c3cc(Cc4n[nH]c(=O)c5ccccc45)ccc3F)C2)CC1. The van der Waals surface area contributed by atoms with Gasteiger partial charge in [-0.1, -0.05) is 24.3 Å². The monoisotopic (exact) mass is 431 g/mol. The van der Waals surface area contributed by atoms with Crippen LogP contribution in [0.15, 0.2) is 47.3 Å². The maximum Gasteiger partial charge on any atom is 0.272 e. The lowest BCUT2D eigenvalue weighted by Crippen LogP contribution is -2.60. The van der Waals surface area contributed by atoms with Crippen molar-refractivity contribution in [3.05, 3.63) is 75.5 Å². The minimum Gasteiger partial charge on any atom is -0.335 e. The quantitative estimate of drug-likeness (QED) is 0.624. The maximum absolute atomic E-state index is 14.5. The second-order valence-corrected chi connectivity index (χ2v) is 8.72. The second kappa shape index (κ2) is 7.84. The topological polar surface area (TPSA) is 102 Å². The zero-order valence-electron chi connectivity index (χ0n) is 17.4. The van der Waals surface area contributed by atoms with Gasteiger partial charge in [0.15, 0.2) is 0 Å². The molecule has 8 heteroatoms. The molecule has 1 saturated heterocycles. The van der Waals surface area contributed by atoms with Gasteiger partial charge in [0.1, 0.15) is 5.82 Å². The van der Waals surface area contributed by atoms with Crippen LogP contribution in [0.25, 0.3) is 10.8 Å². The van der Waals surface area contributed by atoms with Crippen molar-refractivity contribution in [2.24, 2.45) is 5.41 Å². The highest BCUT2D eigenvalue weighted by atomic mass is 19.1. The van der Waals surface area contributed by atoms with Crippen LogP contribution in [-0.2, 0) is 6.42 Å². The highest BCUT2D eigenvalue weighted by molar-refractivity contribution is 5.95. The highest BCUT2D eigenvalue weighted by Crippen LogP contribution is 2.44. The van der Waals surface area contributed by atoms with Crippen molar-refractivity contribution in [1.29, 1.82) is 5.26 Å². The van der Waals surface area contributed by atoms with E-state index in [4.69, 9.17) is 5.26 Å². The Kier molecular flexibility index (Phi) is 4.98. The summed E-state index contributed by atoms with van der Waals surface area (Å²) in [4.78, 5) is 26.5. The standard InChI is InChI=1S/C24H22FN5O2/c25-20-6-5-15(10-21-17-3-1-2-4-18(17)22(31)29-28-21)9-19(20)23(32)30-11-16(12-30)27-14-24(13-26)7-8-24/h1-6,9,16,27H,7-8,10-12,14H2,(H,29,31). The first-order valence-corrected chi connectivity index (χ1v) is 10.7. The zero-order valence-corrected chi connectivity index (χ0v) is 17.4. The van der Waals surface area contributed by atoms with Gasteiger partial charge < -0.3 is 10.2 Å². The summed E-state index contributed by atoms with van der Waals surface area (Å²) in [5.74, 6) is -0.904. The molecule has 1 aliphatic carbocycles. The van der Waals surface area contributed by atoms with Gasteiger partial charge in [0.25, 0.3) is 11.5 Å². The number of amides is 1. The molecule has 162 valence electrons. The number of hydrogen-bond acceptors (Lipinski definition) is 5. The van der Waals surface area contributed by atoms with Gasteiger partial charge in [0.05, 0.1) is 28.1 Å². The number of H-pyrrole nitrogens is 1. The third-order valence-electron chi connectivity index (χ3n) is 6.40. The molecular formula is C24H22FN5O2. The van der Waals surface area contributed by atoms with E-state index in [0.29, 0.717) is 37.1 Å². The Labute approximate surface area is 183 Å². The summed E-state index contributed by atoms with van der Waals surface area (Å²) < 4.78 is 14.5. The molecule has 2 fully saturated rings. The average molecular weight is 431 g/mol. The number of carbonyl (C=O) groups excluding carboxylic acids is 1. The van der Waals surface area contributed by atoms with Crippen molar-refractivity contribution in [2.75, 3.05) is 19.6 Å². The summed E-state index contributed by atoms with van der Waals surface area (Å²) in [6.45, 7) is 1.63. The van der Waals surface area contributed by atoms with Crippen molar-refractivity contribution >= 4 is 16.7 Å². The van der Waals surface area contributed by atoms with Crippen molar-refractivity contribution in [1.82, 2.24) is 20.4 Å². The molecule has 32 heavy (non-hydrogen) atoms. The van der Waals surface area contributed by atoms with Crippen LogP contribution >= 0.6 is 0 Å². The zero-order chi connectivity index (χ0) is 22.3. The molecule has 0 radical (unpaired) electrons. The number of aromatic amines is 1. The summed E-state index contributed by atoms with van der Waals surface area (Å²) in [6.07, 6.45) is 2.20. The normalized spacial score (nSPS) is 17.1. The van der Waals surface area contributed by atoms with Crippen LogP contribution in [0.3, 0.4) is 0 Å². The minimum atomic E-state index is -0.559. The van der Waals surface area contributed by atoms with Gasteiger partial charge in [0, 0.05) is 37.5 Å². The largest absolute Gasteiger partial charge is 0.335 e. The number of rotatable bonds is 6. The van der Waals surface area contributed by atoms with Gasteiger partial charge in [-0.25, -0.2) is 9.49 Å². The Bertz CT molecular complexity index is 1300. The number of nitriles is 1. The molecular weight excluding hydrogens is 409 g/mol. The van der Waals surface area contributed by atoms with E-state index in [1.54, 1.807) is 29.2 Å². The molecule has 3 aromatic rings. The predicted molar refractivity (Wildman–Crippen MR) is 117 cm³/mol. The highest BCUT2D eigenvalue weighted by Gasteiger charge is 2.44. The number of nitrogens with zero attached hydrogens (tertiary/aromatic N) is 3. The van der Waals surface area contributed by atoms with E-state index in [9.17, 15) is 14.0 Å². The molecule has 7 nitrogen and oxygen atoms in total. The maximum atomic E-state index is 14.5. The van der Waals surface area contributed by atoms with Crippen LogP contribution in [0, 0.1) is 22.6 Å². The number of likely N-dealkylation sites (tertiary alicyclic amines) is 1. The summed E-state index contributed by atoms with van der Waals surface area (Å²) in [5, 5.41) is 20.4. The molecule has 2 aliphatic rings. The van der Waals surface area contributed by atoms with Crippen LogP contribution in [-0.4, -0.2) is 46.7 Å². The Morgan fingerprint density at radius 3 is 2.72 bits per heavy atom. The molecule has 0 bridgehead atoms. The van der Waals surface area contributed by atoms with Gasteiger partial charge in [-0.2, -0.15) is 10.4 Å². The molecule has 2 heterocycles. The third-order valence-corrected chi connectivity index (χ3v) is 6.40. The summed E-state index contributed by atoms with van der Waals surface area (Å²) >= 11 is 0. The second-order valence-electron chi connectivity index (χ2n) is 8.72. The van der Waals surface area contributed by atoms with Crippen molar-refractivity contribution in [3.63, 3.8) is 0 Å². The van der Waals surface area contributed by atoms with E-state index < -0.39 is 5.82 Å². The Morgan fingerprint density at radius 2 is 2.00 bits per heavy atom. The fourth-order valence-corrected chi connectivity index (χ4v) is 4.11. The molecule has 1 aliphatic heterocycles. The summed E-state index contributed by atoms with van der Waals surface area (Å²) in [6, 6.07) is 14.2. The molecule has 0 atom stereocenters. The molecule has 2 aromatic carbocycles. The lowest BCUT2D eigenvalue weighted by Gasteiger charge is -2.40. The number of aromatic nitrogens is 2. The fourth-order valence-electron chi connectivity index (χ4n) is 4.11. The molecule has 5 rings (SSSR count). The summed E-state index contributed by atoms with van der Waals surface area (Å²) in [5.41, 5.74) is 0.933. The van der Waals surface area contributed by atoms with Crippen molar-refractivity contribution < 1.29 is 9.18 Å². The smallest absolute Gasteiger partial charge is 0.272 e. The van der Waals surface area contributed by atoms with E-state index in [1.807, 2.05) is 12.1 Å². The van der Waals surface area contributed by atoms with E-state index in [1.165, 1.54) is 6.07 Å². The molecule has 1 amide bonds. The summed E-state index contributed by atoms with van der Waals surface area (Å²) in [7, 11) is 0. The van der Waals surface area contributed by atoms with E-state index in [-0.39, 0.29) is 28.5 Å². The van der Waals surface area contributed by atoms with Crippen molar-refractivity contribution in [3.8, 4) is 6.07 Å². The average Bonchev–Trinajstić information content (AvgIpc) is 3.56. The molecule has 1 saturated carbocycles. The number of carbonyl (C=O) groups is 1. The number of nitrogens with one attached hydrogen (secondary N) is 2. The molecule has 2 N–H and O–H groups in total. The van der Waals surface area contributed by atoms with Crippen LogP contribution in [0.1, 0.15) is 34.5 Å². The fraction of sp³-hybridized carbons (Fsp3) is 0.333. The van der Waals surface area contributed by atoms with Gasteiger partial charge in [-0.15, -0.1) is 0 Å². The van der Waals surface area contributed by atoms with Crippen LogP contribution < -0.4 is 10.9 Å². The van der Waals surface area contributed by atoms with Crippen LogP contribution in [0.5, 0.6) is 0 Å². The van der Waals surface area contributed by atoms with E-state index in [2.05, 4.69) is 21.6 Å². The van der Waals surface area contributed by atoms with Gasteiger partial charge >= 0.3 is 0 Å². The first kappa shape index (κ1) is 20.3. The predicted octanol–water partition coefficient (Wildman–Crippen LogP) is 2.37. The third kappa shape index (κ3) is 3.76. The Hall–Kier alpha value is -3.57. The molecule has 1 aromatic heterocycles. The molecule has 0 spiro atoms. The van der Waals surface area contributed by atoms with Crippen LogP contribution in [0.4, 0.5) is 4.39 Å². The Balaban J connectivity index is 1.29. The van der Waals surface area contributed by atoms with Crippen LogP contribution in [0.2, 0.25) is 0 Å². The molecule has 0 unspecified atom stereocenters.